The molecule has 0 aliphatic heterocycles. The Morgan fingerprint density at radius 2 is 1.74 bits per heavy atom. The van der Waals surface area contributed by atoms with E-state index >= 15 is 0 Å². The second-order valence-electron chi connectivity index (χ2n) is 5.13. The number of anilines is 1. The van der Waals surface area contributed by atoms with E-state index < -0.39 is 0 Å². The maximum atomic E-state index is 12.2. The summed E-state index contributed by atoms with van der Waals surface area (Å²) in [5, 5.41) is 2.88. The van der Waals surface area contributed by atoms with Gasteiger partial charge < -0.3 is 11.1 Å². The van der Waals surface area contributed by atoms with Crippen molar-refractivity contribution < 1.29 is 4.79 Å². The Hall–Kier alpha value is -3.21. The SMILES string of the molecule is Nc1cccc(CNC(=O)c2ccc(-c3cncnc3)cc2)c1. The predicted molar refractivity (Wildman–Crippen MR) is 89.5 cm³/mol. The van der Waals surface area contributed by atoms with Gasteiger partial charge in [-0.3, -0.25) is 4.79 Å². The zero-order chi connectivity index (χ0) is 16.1. The van der Waals surface area contributed by atoms with Crippen LogP contribution in [0.5, 0.6) is 0 Å². The van der Waals surface area contributed by atoms with Crippen LogP contribution in [0.15, 0.2) is 67.3 Å². The third-order valence-electron chi connectivity index (χ3n) is 3.45. The fourth-order valence-corrected chi connectivity index (χ4v) is 2.25. The highest BCUT2D eigenvalue weighted by Gasteiger charge is 2.06. The van der Waals surface area contributed by atoms with E-state index in [0.717, 1.165) is 16.7 Å². The van der Waals surface area contributed by atoms with Gasteiger partial charge >= 0.3 is 0 Å². The lowest BCUT2D eigenvalue weighted by atomic mass is 10.1. The van der Waals surface area contributed by atoms with Crippen molar-refractivity contribution in [1.29, 1.82) is 0 Å². The molecule has 3 rings (SSSR count). The van der Waals surface area contributed by atoms with Gasteiger partial charge in [0.1, 0.15) is 6.33 Å². The number of amides is 1. The second kappa shape index (κ2) is 6.70. The van der Waals surface area contributed by atoms with Crippen LogP contribution in [0.3, 0.4) is 0 Å². The van der Waals surface area contributed by atoms with Crippen molar-refractivity contribution in [1.82, 2.24) is 15.3 Å². The van der Waals surface area contributed by atoms with E-state index in [-0.39, 0.29) is 5.91 Å². The summed E-state index contributed by atoms with van der Waals surface area (Å²) in [4.78, 5) is 20.2. The molecule has 0 radical (unpaired) electrons. The van der Waals surface area contributed by atoms with E-state index in [1.807, 2.05) is 36.4 Å². The summed E-state index contributed by atoms with van der Waals surface area (Å²) in [5.74, 6) is -0.122. The molecule has 23 heavy (non-hydrogen) atoms. The van der Waals surface area contributed by atoms with Gasteiger partial charge in [0.25, 0.3) is 5.91 Å². The summed E-state index contributed by atoms with van der Waals surface area (Å²) in [6.45, 7) is 0.443. The van der Waals surface area contributed by atoms with Crippen molar-refractivity contribution in [2.24, 2.45) is 0 Å². The first-order valence-corrected chi connectivity index (χ1v) is 7.20. The van der Waals surface area contributed by atoms with E-state index in [1.54, 1.807) is 24.5 Å². The van der Waals surface area contributed by atoms with Crippen molar-refractivity contribution in [2.45, 2.75) is 6.54 Å². The minimum absolute atomic E-state index is 0.122. The largest absolute Gasteiger partial charge is 0.399 e. The Morgan fingerprint density at radius 3 is 2.43 bits per heavy atom. The second-order valence-corrected chi connectivity index (χ2v) is 5.13. The van der Waals surface area contributed by atoms with Crippen LogP contribution in [-0.2, 0) is 6.54 Å². The molecule has 0 atom stereocenters. The van der Waals surface area contributed by atoms with Gasteiger partial charge in [-0.2, -0.15) is 0 Å². The number of hydrogen-bond donors (Lipinski definition) is 2. The molecule has 1 amide bonds. The third kappa shape index (κ3) is 3.71. The summed E-state index contributed by atoms with van der Waals surface area (Å²) in [7, 11) is 0. The molecule has 3 aromatic rings. The van der Waals surface area contributed by atoms with Gasteiger partial charge in [-0.05, 0) is 35.4 Å². The molecule has 5 nitrogen and oxygen atoms in total. The molecule has 3 N–H and O–H groups in total. The van der Waals surface area contributed by atoms with E-state index in [4.69, 9.17) is 5.73 Å². The fourth-order valence-electron chi connectivity index (χ4n) is 2.25. The quantitative estimate of drug-likeness (QED) is 0.726. The third-order valence-corrected chi connectivity index (χ3v) is 3.45. The Bertz CT molecular complexity index is 801. The smallest absolute Gasteiger partial charge is 0.251 e. The van der Waals surface area contributed by atoms with Crippen molar-refractivity contribution in [3.05, 3.63) is 78.4 Å². The van der Waals surface area contributed by atoms with Crippen LogP contribution in [0, 0.1) is 0 Å². The van der Waals surface area contributed by atoms with E-state index in [0.29, 0.717) is 17.8 Å². The molecule has 0 spiro atoms. The van der Waals surface area contributed by atoms with Crippen LogP contribution < -0.4 is 11.1 Å². The maximum absolute atomic E-state index is 12.2. The Kier molecular flexibility index (Phi) is 4.29. The molecular weight excluding hydrogens is 288 g/mol. The normalized spacial score (nSPS) is 10.3. The Balaban J connectivity index is 1.66. The summed E-state index contributed by atoms with van der Waals surface area (Å²) in [6, 6.07) is 14.8. The molecule has 5 heteroatoms. The Morgan fingerprint density at radius 1 is 1.00 bits per heavy atom. The molecule has 0 aliphatic carbocycles. The molecular formula is C18H16N4O. The van der Waals surface area contributed by atoms with Gasteiger partial charge in [0.15, 0.2) is 0 Å². The maximum Gasteiger partial charge on any atom is 0.251 e. The molecule has 0 fully saturated rings. The van der Waals surface area contributed by atoms with Gasteiger partial charge in [-0.1, -0.05) is 24.3 Å². The average Bonchev–Trinajstić information content (AvgIpc) is 2.61. The van der Waals surface area contributed by atoms with E-state index in [2.05, 4.69) is 15.3 Å². The number of carbonyl (C=O) groups excluding carboxylic acids is 1. The van der Waals surface area contributed by atoms with Crippen LogP contribution in [-0.4, -0.2) is 15.9 Å². The van der Waals surface area contributed by atoms with E-state index in [9.17, 15) is 4.79 Å². The molecule has 0 bridgehead atoms. The molecule has 0 unspecified atom stereocenters. The molecule has 0 saturated carbocycles. The monoisotopic (exact) mass is 304 g/mol. The minimum Gasteiger partial charge on any atom is -0.399 e. The van der Waals surface area contributed by atoms with Gasteiger partial charge in [0.05, 0.1) is 0 Å². The van der Waals surface area contributed by atoms with Crippen molar-refractivity contribution in [3.8, 4) is 11.1 Å². The van der Waals surface area contributed by atoms with Crippen LogP contribution >= 0.6 is 0 Å². The summed E-state index contributed by atoms with van der Waals surface area (Å²) in [5.41, 5.74) is 9.87. The molecule has 114 valence electrons. The van der Waals surface area contributed by atoms with Crippen LogP contribution in [0.1, 0.15) is 15.9 Å². The first-order chi connectivity index (χ1) is 11.2. The lowest BCUT2D eigenvalue weighted by Gasteiger charge is -2.07. The minimum atomic E-state index is -0.122. The highest BCUT2D eigenvalue weighted by molar-refractivity contribution is 5.94. The van der Waals surface area contributed by atoms with Crippen molar-refractivity contribution >= 4 is 11.6 Å². The number of rotatable bonds is 4. The zero-order valence-electron chi connectivity index (χ0n) is 12.4. The highest BCUT2D eigenvalue weighted by atomic mass is 16.1. The number of carbonyl (C=O) groups is 1. The lowest BCUT2D eigenvalue weighted by Crippen LogP contribution is -2.22. The fraction of sp³-hybridized carbons (Fsp3) is 0.0556. The number of hydrogen-bond acceptors (Lipinski definition) is 4. The van der Waals surface area contributed by atoms with Crippen LogP contribution in [0.2, 0.25) is 0 Å². The predicted octanol–water partition coefficient (Wildman–Crippen LogP) is 2.66. The number of nitrogen functional groups attached to an aromatic ring is 1. The highest BCUT2D eigenvalue weighted by Crippen LogP contribution is 2.17. The van der Waals surface area contributed by atoms with Crippen LogP contribution in [0.25, 0.3) is 11.1 Å². The van der Waals surface area contributed by atoms with Gasteiger partial charge in [0, 0.05) is 35.8 Å². The molecule has 1 heterocycles. The lowest BCUT2D eigenvalue weighted by molar-refractivity contribution is 0.0951. The van der Waals surface area contributed by atoms with Gasteiger partial charge in [-0.15, -0.1) is 0 Å². The van der Waals surface area contributed by atoms with Crippen molar-refractivity contribution in [3.63, 3.8) is 0 Å². The average molecular weight is 304 g/mol. The summed E-state index contributed by atoms with van der Waals surface area (Å²) >= 11 is 0. The summed E-state index contributed by atoms with van der Waals surface area (Å²) < 4.78 is 0. The molecule has 0 aliphatic rings. The number of aromatic nitrogens is 2. The Labute approximate surface area is 134 Å². The number of nitrogens with one attached hydrogen (secondary N) is 1. The molecule has 0 saturated heterocycles. The first kappa shape index (κ1) is 14.7. The topological polar surface area (TPSA) is 80.9 Å². The molecule has 1 aromatic heterocycles. The van der Waals surface area contributed by atoms with Gasteiger partial charge in [0.2, 0.25) is 0 Å². The summed E-state index contributed by atoms with van der Waals surface area (Å²) in [6.07, 6.45) is 4.96. The standard InChI is InChI=1S/C18H16N4O/c19-17-3-1-2-13(8-17)9-22-18(23)15-6-4-14(5-7-15)16-10-20-12-21-11-16/h1-8,10-12H,9,19H2,(H,22,23). The van der Waals surface area contributed by atoms with Gasteiger partial charge in [-0.25, -0.2) is 9.97 Å². The number of benzene rings is 2. The number of nitrogens with zero attached hydrogens (tertiary/aromatic N) is 2. The van der Waals surface area contributed by atoms with Crippen LogP contribution in [0.4, 0.5) is 5.69 Å². The number of nitrogens with two attached hydrogens (primary N) is 1. The zero-order valence-corrected chi connectivity index (χ0v) is 12.4. The molecule has 2 aromatic carbocycles. The van der Waals surface area contributed by atoms with Crippen molar-refractivity contribution in [2.75, 3.05) is 5.73 Å². The first-order valence-electron chi connectivity index (χ1n) is 7.20. The van der Waals surface area contributed by atoms with E-state index in [1.165, 1.54) is 6.33 Å².